The van der Waals surface area contributed by atoms with Crippen molar-refractivity contribution in [1.29, 1.82) is 0 Å². The summed E-state index contributed by atoms with van der Waals surface area (Å²) in [7, 11) is 0. The first kappa shape index (κ1) is 35.0. The van der Waals surface area contributed by atoms with Crippen molar-refractivity contribution >= 4 is 29.2 Å². The number of hydrogen-bond acceptors (Lipinski definition) is 0. The van der Waals surface area contributed by atoms with Gasteiger partial charge >= 0.3 is 322 Å². The third kappa shape index (κ3) is 6.44. The number of aryl methyl sites for hydroxylation is 2. The average Bonchev–Trinajstić information content (AvgIpc) is 3.76. The molecule has 0 fully saturated rings. The summed E-state index contributed by atoms with van der Waals surface area (Å²) >= 11 is -2.48. The zero-order valence-corrected chi connectivity index (χ0v) is 34.7. The summed E-state index contributed by atoms with van der Waals surface area (Å²) in [5, 5.41) is 0. The van der Waals surface area contributed by atoms with Gasteiger partial charge in [-0.1, -0.05) is 0 Å². The molecular formula is C50H49SiZr. The van der Waals surface area contributed by atoms with Gasteiger partial charge in [-0.2, -0.15) is 0 Å². The number of hydrogen-bond donors (Lipinski definition) is 0. The van der Waals surface area contributed by atoms with Gasteiger partial charge in [0.25, 0.3) is 0 Å². The van der Waals surface area contributed by atoms with Crippen molar-refractivity contribution in [3.8, 4) is 22.3 Å². The molecule has 0 aliphatic heterocycles. The molecule has 0 N–H and O–H groups in total. The van der Waals surface area contributed by atoms with Gasteiger partial charge in [-0.05, 0) is 0 Å². The van der Waals surface area contributed by atoms with Crippen LogP contribution >= 0.6 is 0 Å². The molecule has 0 amide bonds. The molecule has 6 aromatic carbocycles. The molecule has 0 nitrogen and oxygen atoms in total. The van der Waals surface area contributed by atoms with Crippen LogP contribution in [0.1, 0.15) is 78.4 Å². The first-order chi connectivity index (χ1) is 25.6. The fourth-order valence-electron chi connectivity index (χ4n) is 9.13. The van der Waals surface area contributed by atoms with E-state index >= 15 is 0 Å². The van der Waals surface area contributed by atoms with Crippen molar-refractivity contribution in [2.24, 2.45) is 0 Å². The Morgan fingerprint density at radius 3 is 1.23 bits per heavy atom. The van der Waals surface area contributed by atoms with Crippen molar-refractivity contribution in [3.63, 3.8) is 0 Å². The molecule has 52 heavy (non-hydrogen) atoms. The summed E-state index contributed by atoms with van der Waals surface area (Å²) in [6, 6.07) is 55.6. The first-order valence-electron chi connectivity index (χ1n) is 19.4. The van der Waals surface area contributed by atoms with Gasteiger partial charge in [0.05, 0.1) is 0 Å². The van der Waals surface area contributed by atoms with Crippen molar-refractivity contribution in [3.05, 3.63) is 190 Å². The second kappa shape index (κ2) is 15.5. The Labute approximate surface area is 320 Å². The minimum absolute atomic E-state index is 0.490. The Morgan fingerprint density at radius 1 is 0.442 bits per heavy atom. The summed E-state index contributed by atoms with van der Waals surface area (Å²) in [4.78, 5) is 0. The number of fused-ring (bicyclic) bond motifs is 2. The summed E-state index contributed by atoms with van der Waals surface area (Å²) in [5.41, 5.74) is 20.6. The van der Waals surface area contributed by atoms with Gasteiger partial charge in [-0.3, -0.25) is 0 Å². The summed E-state index contributed by atoms with van der Waals surface area (Å²) in [6.45, 7) is 9.98. The molecule has 2 aliphatic carbocycles. The Hall–Kier alpha value is -4.10. The van der Waals surface area contributed by atoms with E-state index in [4.69, 9.17) is 0 Å². The predicted octanol–water partition coefficient (Wildman–Crippen LogP) is 13.4. The van der Waals surface area contributed by atoms with E-state index in [1.165, 1.54) is 55.6 Å². The van der Waals surface area contributed by atoms with Crippen LogP contribution in [0.15, 0.2) is 146 Å². The summed E-state index contributed by atoms with van der Waals surface area (Å²) in [5.74, 6) is -1.14. The van der Waals surface area contributed by atoms with Gasteiger partial charge in [0.2, 0.25) is 0 Å². The quantitative estimate of drug-likeness (QED) is 0.115. The van der Waals surface area contributed by atoms with Crippen LogP contribution in [-0.4, -0.2) is 5.92 Å². The van der Waals surface area contributed by atoms with Crippen LogP contribution in [-0.2, 0) is 33.8 Å². The molecule has 0 saturated heterocycles. The van der Waals surface area contributed by atoms with Gasteiger partial charge in [-0.15, -0.1) is 0 Å². The summed E-state index contributed by atoms with van der Waals surface area (Å²) in [6.07, 6.45) is 9.76. The van der Waals surface area contributed by atoms with Crippen LogP contribution in [0.5, 0.6) is 0 Å². The fraction of sp³-hybridized carbons (Fsp3) is 0.200. The zero-order chi connectivity index (χ0) is 35.6. The average molecular weight is 769 g/mol. The van der Waals surface area contributed by atoms with Crippen LogP contribution < -0.4 is 0 Å². The molecule has 0 heterocycles. The molecular weight excluding hydrogens is 720 g/mol. The van der Waals surface area contributed by atoms with E-state index in [2.05, 4.69) is 185 Å². The van der Waals surface area contributed by atoms with E-state index in [-0.39, 0.29) is 0 Å². The normalized spacial score (nSPS) is 16.0. The molecule has 0 radical (unpaired) electrons. The molecule has 2 unspecified atom stereocenters. The van der Waals surface area contributed by atoms with Gasteiger partial charge < -0.3 is 0 Å². The van der Waals surface area contributed by atoms with E-state index in [1.807, 2.05) is 0 Å². The monoisotopic (exact) mass is 767 g/mol. The van der Waals surface area contributed by atoms with Crippen molar-refractivity contribution in [1.82, 2.24) is 0 Å². The minimum atomic E-state index is -2.48. The number of benzene rings is 6. The molecule has 2 atom stereocenters. The standard InChI is InChI=1S/2C24H21.C2H7Si.Zr/c2*1-2-9-19-12-6-7-14-22(19)23-15-8-13-20-16-21(17-24(20)23)18-10-4-3-5-11-18;1-3-2;/h2*3-8,10-17H,2,9H2,1H3;3H,1-2H3;. The van der Waals surface area contributed by atoms with Gasteiger partial charge in [0.15, 0.2) is 0 Å². The van der Waals surface area contributed by atoms with Gasteiger partial charge in [0, 0.05) is 0 Å². The maximum absolute atomic E-state index is 2.69. The van der Waals surface area contributed by atoms with Crippen LogP contribution in [0.3, 0.4) is 0 Å². The molecule has 0 saturated carbocycles. The molecule has 6 aromatic rings. The number of rotatable bonds is 11. The van der Waals surface area contributed by atoms with E-state index in [0.717, 1.165) is 25.7 Å². The second-order valence-corrected chi connectivity index (χ2v) is 34.9. The fourth-order valence-corrected chi connectivity index (χ4v) is 31.4. The number of allylic oxidation sites excluding steroid dienone is 2. The predicted molar refractivity (Wildman–Crippen MR) is 225 cm³/mol. The topological polar surface area (TPSA) is 0 Å². The maximum atomic E-state index is 2.69. The van der Waals surface area contributed by atoms with E-state index in [0.29, 0.717) is 7.25 Å². The van der Waals surface area contributed by atoms with Crippen molar-refractivity contribution < 1.29 is 20.9 Å². The second-order valence-electron chi connectivity index (χ2n) is 14.9. The third-order valence-corrected chi connectivity index (χ3v) is 32.8. The molecule has 0 spiro atoms. The molecule has 2 heteroatoms. The van der Waals surface area contributed by atoms with Crippen molar-refractivity contribution in [2.45, 2.75) is 59.9 Å². The third-order valence-electron chi connectivity index (χ3n) is 11.3. The first-order valence-corrected chi connectivity index (χ1v) is 29.4. The Kier molecular flexibility index (Phi) is 10.4. The van der Waals surface area contributed by atoms with Crippen LogP contribution in [0, 0.1) is 0 Å². The van der Waals surface area contributed by atoms with Gasteiger partial charge in [-0.25, -0.2) is 0 Å². The van der Waals surface area contributed by atoms with Crippen LogP contribution in [0.2, 0.25) is 13.1 Å². The van der Waals surface area contributed by atoms with Crippen molar-refractivity contribution in [2.75, 3.05) is 0 Å². The molecule has 257 valence electrons. The van der Waals surface area contributed by atoms with Gasteiger partial charge in [0.1, 0.15) is 0 Å². The Bertz CT molecular complexity index is 2100. The molecule has 0 aromatic heterocycles. The van der Waals surface area contributed by atoms with E-state index < -0.39 is 26.8 Å². The van der Waals surface area contributed by atoms with Crippen LogP contribution in [0.25, 0.3) is 45.6 Å². The summed E-state index contributed by atoms with van der Waals surface area (Å²) < 4.78 is 0.979. The van der Waals surface area contributed by atoms with E-state index in [1.54, 1.807) is 22.3 Å². The van der Waals surface area contributed by atoms with Crippen LogP contribution in [0.4, 0.5) is 0 Å². The Balaban J connectivity index is 1.36. The molecule has 0 bridgehead atoms. The molecule has 8 rings (SSSR count). The van der Waals surface area contributed by atoms with E-state index in [9.17, 15) is 0 Å². The Morgan fingerprint density at radius 2 is 0.827 bits per heavy atom. The molecule has 2 aliphatic rings. The zero-order valence-electron chi connectivity index (χ0n) is 31.1. The SMILES string of the molecule is CCCc1ccccc1-c1cccc2c1C=C(c1ccccc1)[CH]2[Zr]([CH]1C(c2ccccc2)=Cc2c(-c3ccccc3CCC)cccc21)[SiH](C)C.